The van der Waals surface area contributed by atoms with E-state index < -0.39 is 24.2 Å². The van der Waals surface area contributed by atoms with Crippen molar-refractivity contribution in [3.05, 3.63) is 29.8 Å². The number of rotatable bonds is 8. The van der Waals surface area contributed by atoms with Gasteiger partial charge in [-0.2, -0.15) is 0 Å². The predicted octanol–water partition coefficient (Wildman–Crippen LogP) is 2.46. The number of aliphatic hydroxyl groups is 1. The molecule has 4 aliphatic carbocycles. The van der Waals surface area contributed by atoms with Gasteiger partial charge >= 0.3 is 5.97 Å². The molecule has 4 saturated carbocycles. The van der Waals surface area contributed by atoms with Crippen LogP contribution in [0.1, 0.15) is 57.4 Å². The van der Waals surface area contributed by atoms with Crippen LogP contribution in [0.25, 0.3) is 0 Å². The lowest BCUT2D eigenvalue weighted by atomic mass is 9.49. The lowest BCUT2D eigenvalue weighted by Crippen LogP contribution is -2.56. The first-order valence-corrected chi connectivity index (χ1v) is 13.4. The topological polar surface area (TPSA) is 105 Å². The summed E-state index contributed by atoms with van der Waals surface area (Å²) in [5, 5.41) is 13.2. The Balaban J connectivity index is 1.15. The summed E-state index contributed by atoms with van der Waals surface area (Å²) in [6.07, 6.45) is 5.44. The van der Waals surface area contributed by atoms with Crippen molar-refractivity contribution in [2.45, 2.75) is 76.5 Å². The Hall–Kier alpha value is -2.61. The highest BCUT2D eigenvalue weighted by Gasteiger charge is 2.57. The van der Waals surface area contributed by atoms with E-state index in [-0.39, 0.29) is 30.2 Å². The minimum atomic E-state index is -0.984. The molecule has 0 aromatic heterocycles. The van der Waals surface area contributed by atoms with E-state index in [1.165, 1.54) is 26.2 Å². The summed E-state index contributed by atoms with van der Waals surface area (Å²) >= 11 is 0. The van der Waals surface area contributed by atoms with E-state index in [1.807, 2.05) is 24.3 Å². The van der Waals surface area contributed by atoms with Crippen molar-refractivity contribution in [3.8, 4) is 5.75 Å². The van der Waals surface area contributed by atoms with Crippen LogP contribution in [-0.2, 0) is 25.5 Å². The Morgan fingerprint density at radius 2 is 1.67 bits per heavy atom. The fourth-order valence-electron chi connectivity index (χ4n) is 7.51. The second-order valence-corrected chi connectivity index (χ2v) is 11.5. The first kappa shape index (κ1) is 25.1. The number of amides is 2. The van der Waals surface area contributed by atoms with Crippen LogP contribution in [-0.4, -0.2) is 66.2 Å². The van der Waals surface area contributed by atoms with E-state index >= 15 is 0 Å². The number of nitrogens with one attached hydrogen (secondary N) is 1. The zero-order valence-electron chi connectivity index (χ0n) is 21.3. The fourth-order valence-corrected chi connectivity index (χ4v) is 7.51. The van der Waals surface area contributed by atoms with Crippen LogP contribution < -0.4 is 10.1 Å². The fraction of sp³-hybridized carbons (Fsp3) is 0.679. The van der Waals surface area contributed by atoms with Crippen molar-refractivity contribution in [3.63, 3.8) is 0 Å². The van der Waals surface area contributed by atoms with Crippen LogP contribution in [0.4, 0.5) is 0 Å². The second kappa shape index (κ2) is 10.0. The van der Waals surface area contributed by atoms with E-state index in [9.17, 15) is 19.5 Å². The van der Waals surface area contributed by atoms with Gasteiger partial charge in [-0.1, -0.05) is 12.1 Å². The summed E-state index contributed by atoms with van der Waals surface area (Å²) in [5.74, 6) is 1.63. The Bertz CT molecular complexity index is 957. The Labute approximate surface area is 212 Å². The van der Waals surface area contributed by atoms with Gasteiger partial charge in [0.25, 0.3) is 5.91 Å². The van der Waals surface area contributed by atoms with E-state index in [1.54, 1.807) is 12.0 Å². The third-order valence-corrected chi connectivity index (χ3v) is 8.84. The van der Waals surface area contributed by atoms with Crippen molar-refractivity contribution >= 4 is 17.8 Å². The molecule has 1 aliphatic heterocycles. The van der Waals surface area contributed by atoms with Crippen LogP contribution in [0.2, 0.25) is 0 Å². The molecule has 5 fully saturated rings. The molecule has 2 unspecified atom stereocenters. The number of esters is 1. The molecule has 1 heterocycles. The van der Waals surface area contributed by atoms with Crippen LogP contribution in [0.5, 0.6) is 5.75 Å². The number of methoxy groups -OCH3 is 1. The number of β-amino-alcohol motifs (C(OH)–C–C–N with tert-alkyl or cyclic N) is 1. The van der Waals surface area contributed by atoms with Gasteiger partial charge in [-0.05, 0) is 87.3 Å². The van der Waals surface area contributed by atoms with Crippen molar-refractivity contribution in [1.82, 2.24) is 10.2 Å². The Morgan fingerprint density at radius 1 is 1.06 bits per heavy atom. The molecule has 1 aromatic rings. The number of hydrogen-bond donors (Lipinski definition) is 2. The maximum absolute atomic E-state index is 13.8. The number of aliphatic hydroxyl groups excluding tert-OH is 1. The second-order valence-electron chi connectivity index (χ2n) is 11.5. The van der Waals surface area contributed by atoms with Crippen molar-refractivity contribution < 1.29 is 29.0 Å². The smallest absolute Gasteiger partial charge is 0.329 e. The lowest BCUT2D eigenvalue weighted by molar-refractivity contribution is -0.168. The van der Waals surface area contributed by atoms with Crippen molar-refractivity contribution in [2.75, 3.05) is 20.2 Å². The summed E-state index contributed by atoms with van der Waals surface area (Å²) in [7, 11) is 1.61. The van der Waals surface area contributed by atoms with E-state index in [4.69, 9.17) is 9.47 Å². The quantitative estimate of drug-likeness (QED) is 0.534. The molecule has 2 amide bonds. The van der Waals surface area contributed by atoms with Gasteiger partial charge in [0.05, 0.1) is 18.6 Å². The van der Waals surface area contributed by atoms with Crippen LogP contribution in [0, 0.1) is 23.2 Å². The van der Waals surface area contributed by atoms with Crippen LogP contribution in [0.3, 0.4) is 0 Å². The molecule has 8 nitrogen and oxygen atoms in total. The van der Waals surface area contributed by atoms with E-state index in [2.05, 4.69) is 5.32 Å². The molecule has 3 atom stereocenters. The molecule has 1 saturated heterocycles. The predicted molar refractivity (Wildman–Crippen MR) is 132 cm³/mol. The molecule has 8 heteroatoms. The van der Waals surface area contributed by atoms with E-state index in [0.717, 1.165) is 30.6 Å². The molecule has 5 aliphatic rings. The normalized spacial score (nSPS) is 33.3. The van der Waals surface area contributed by atoms with Crippen molar-refractivity contribution in [1.29, 1.82) is 0 Å². The maximum Gasteiger partial charge on any atom is 0.329 e. The molecule has 6 rings (SSSR count). The number of ether oxygens (including phenoxy) is 2. The van der Waals surface area contributed by atoms with Crippen molar-refractivity contribution in [2.24, 2.45) is 23.2 Å². The third kappa shape index (κ3) is 4.97. The zero-order valence-corrected chi connectivity index (χ0v) is 21.3. The molecule has 4 bridgehead atoms. The molecule has 36 heavy (non-hydrogen) atoms. The molecule has 196 valence electrons. The number of hydrogen-bond acceptors (Lipinski definition) is 6. The van der Waals surface area contributed by atoms with Gasteiger partial charge in [-0.25, -0.2) is 4.79 Å². The monoisotopic (exact) mass is 498 g/mol. The molecule has 2 N–H and O–H groups in total. The zero-order chi connectivity index (χ0) is 25.4. The number of benzene rings is 1. The molecular weight excluding hydrogens is 460 g/mol. The molecule has 0 radical (unpaired) electrons. The number of nitrogens with zero attached hydrogens (tertiary/aromatic N) is 1. The van der Waals surface area contributed by atoms with Gasteiger partial charge in [0.2, 0.25) is 5.91 Å². The minimum absolute atomic E-state index is 0.0108. The maximum atomic E-state index is 13.8. The molecule has 0 spiro atoms. The number of carbonyl (C=O) groups is 3. The van der Waals surface area contributed by atoms with E-state index in [0.29, 0.717) is 30.7 Å². The van der Waals surface area contributed by atoms with Gasteiger partial charge in [0.15, 0.2) is 6.10 Å². The molecule has 1 aromatic carbocycles. The third-order valence-electron chi connectivity index (χ3n) is 8.84. The lowest BCUT2D eigenvalue weighted by Gasteiger charge is -2.56. The van der Waals surface area contributed by atoms with Gasteiger partial charge < -0.3 is 24.8 Å². The standard InChI is InChI=1S/C28H38N2O6/c1-17(25(32)29-8-7-18-3-5-23(35-2)6-4-18)36-26(33)24-12-22(31)16-30(24)27(34)28-13-19-9-20(14-28)11-21(10-19)15-28/h3-6,17,19-22,24,31H,7-16H2,1-2H3,(H,29,32)/t17?,19?,20?,21?,22?,24-,28?/m0/s1. The number of carbonyl (C=O) groups excluding carboxylic acids is 3. The Morgan fingerprint density at radius 3 is 2.25 bits per heavy atom. The summed E-state index contributed by atoms with van der Waals surface area (Å²) in [6, 6.07) is 6.78. The first-order valence-electron chi connectivity index (χ1n) is 13.4. The highest BCUT2D eigenvalue weighted by atomic mass is 16.5. The minimum Gasteiger partial charge on any atom is -0.497 e. The molecular formula is C28H38N2O6. The summed E-state index contributed by atoms with van der Waals surface area (Å²) in [5.41, 5.74) is 0.668. The summed E-state index contributed by atoms with van der Waals surface area (Å²) < 4.78 is 10.7. The largest absolute Gasteiger partial charge is 0.497 e. The summed E-state index contributed by atoms with van der Waals surface area (Å²) in [6.45, 7) is 2.10. The highest BCUT2D eigenvalue weighted by Crippen LogP contribution is 2.60. The van der Waals surface area contributed by atoms with Gasteiger partial charge in [-0.15, -0.1) is 0 Å². The average Bonchev–Trinajstić information content (AvgIpc) is 3.24. The van der Waals surface area contributed by atoms with Gasteiger partial charge in [0.1, 0.15) is 11.8 Å². The van der Waals surface area contributed by atoms with Gasteiger partial charge in [-0.3, -0.25) is 9.59 Å². The SMILES string of the molecule is COc1ccc(CCNC(=O)C(C)OC(=O)[C@@H]2CC(O)CN2C(=O)C23CC4CC(CC(C4)C2)C3)cc1. The highest BCUT2D eigenvalue weighted by molar-refractivity contribution is 5.90. The number of likely N-dealkylation sites (tertiary alicyclic amines) is 1. The first-order chi connectivity index (χ1) is 17.3. The van der Waals surface area contributed by atoms with Gasteiger partial charge in [0, 0.05) is 19.5 Å². The Kier molecular flexibility index (Phi) is 6.99. The van der Waals surface area contributed by atoms with Crippen LogP contribution >= 0.6 is 0 Å². The average molecular weight is 499 g/mol. The van der Waals surface area contributed by atoms with Crippen LogP contribution in [0.15, 0.2) is 24.3 Å². The summed E-state index contributed by atoms with van der Waals surface area (Å²) in [4.78, 5) is 41.0.